The van der Waals surface area contributed by atoms with Crippen LogP contribution in [-0.4, -0.2) is 7.11 Å². The maximum atomic E-state index is 6.29. The van der Waals surface area contributed by atoms with E-state index >= 15 is 0 Å². The molecule has 2 nitrogen and oxygen atoms in total. The predicted octanol–water partition coefficient (Wildman–Crippen LogP) is 4.38. The van der Waals surface area contributed by atoms with Gasteiger partial charge in [-0.3, -0.25) is 0 Å². The summed E-state index contributed by atoms with van der Waals surface area (Å²) in [5.41, 5.74) is 0.976. The van der Waals surface area contributed by atoms with Crippen LogP contribution >= 0.6 is 27.5 Å². The first-order valence-corrected chi connectivity index (χ1v) is 5.97. The molecule has 0 bridgehead atoms. The van der Waals surface area contributed by atoms with Crippen molar-refractivity contribution in [2.24, 2.45) is 0 Å². The Morgan fingerprint density at radius 3 is 2.38 bits per heavy atom. The maximum absolute atomic E-state index is 6.29. The summed E-state index contributed by atoms with van der Waals surface area (Å²) in [5, 5.41) is -0.280. The summed E-state index contributed by atoms with van der Waals surface area (Å²) >= 11 is 9.54. The second-order valence-corrected chi connectivity index (χ2v) is 4.50. The van der Waals surface area contributed by atoms with Crippen LogP contribution < -0.4 is 4.74 Å². The van der Waals surface area contributed by atoms with E-state index in [1.807, 2.05) is 36.4 Å². The monoisotopic (exact) mass is 300 g/mol. The molecular formula is C12H10BrClO2. The first-order valence-electron chi connectivity index (χ1n) is 4.74. The fraction of sp³-hybridized carbons (Fsp3) is 0.167. The Bertz CT molecular complexity index is 464. The Labute approximate surface area is 107 Å². The Kier molecular flexibility index (Phi) is 3.56. The molecular weight excluding hydrogens is 291 g/mol. The third-order valence-electron chi connectivity index (χ3n) is 2.25. The molecule has 2 rings (SSSR count). The van der Waals surface area contributed by atoms with E-state index in [2.05, 4.69) is 15.9 Å². The molecule has 16 heavy (non-hydrogen) atoms. The van der Waals surface area contributed by atoms with Crippen molar-refractivity contribution >= 4 is 27.5 Å². The summed E-state index contributed by atoms with van der Waals surface area (Å²) in [5.74, 6) is 1.53. The average molecular weight is 302 g/mol. The Morgan fingerprint density at radius 2 is 1.88 bits per heavy atom. The number of methoxy groups -OCH3 is 1. The summed E-state index contributed by atoms with van der Waals surface area (Å²) in [6.07, 6.45) is 0. The van der Waals surface area contributed by atoms with E-state index in [-0.39, 0.29) is 5.38 Å². The van der Waals surface area contributed by atoms with E-state index in [0.29, 0.717) is 4.67 Å². The van der Waals surface area contributed by atoms with E-state index in [1.165, 1.54) is 0 Å². The van der Waals surface area contributed by atoms with Gasteiger partial charge in [0.1, 0.15) is 16.9 Å². The zero-order valence-electron chi connectivity index (χ0n) is 8.61. The summed E-state index contributed by atoms with van der Waals surface area (Å²) in [4.78, 5) is 0. The molecule has 1 aromatic heterocycles. The zero-order chi connectivity index (χ0) is 11.5. The average Bonchev–Trinajstić information content (AvgIpc) is 2.75. The van der Waals surface area contributed by atoms with Crippen molar-refractivity contribution in [3.8, 4) is 5.75 Å². The van der Waals surface area contributed by atoms with Crippen molar-refractivity contribution in [3.63, 3.8) is 0 Å². The number of alkyl halides is 1. The summed E-state index contributed by atoms with van der Waals surface area (Å²) in [6.45, 7) is 0. The van der Waals surface area contributed by atoms with Gasteiger partial charge in [0.15, 0.2) is 4.67 Å². The third kappa shape index (κ3) is 2.42. The van der Waals surface area contributed by atoms with Crippen LogP contribution in [0.15, 0.2) is 45.5 Å². The van der Waals surface area contributed by atoms with E-state index in [0.717, 1.165) is 17.1 Å². The molecule has 0 aliphatic rings. The second kappa shape index (κ2) is 4.93. The highest BCUT2D eigenvalue weighted by molar-refractivity contribution is 9.10. The van der Waals surface area contributed by atoms with Gasteiger partial charge in [-0.1, -0.05) is 12.1 Å². The van der Waals surface area contributed by atoms with Gasteiger partial charge < -0.3 is 9.15 Å². The van der Waals surface area contributed by atoms with Gasteiger partial charge in [-0.15, -0.1) is 11.6 Å². The lowest BCUT2D eigenvalue weighted by atomic mass is 10.1. The number of hydrogen-bond donors (Lipinski definition) is 0. The minimum atomic E-state index is -0.280. The van der Waals surface area contributed by atoms with Crippen molar-refractivity contribution in [3.05, 3.63) is 52.4 Å². The van der Waals surface area contributed by atoms with Gasteiger partial charge in [0.25, 0.3) is 0 Å². The van der Waals surface area contributed by atoms with Crippen LogP contribution in [0.5, 0.6) is 5.75 Å². The molecule has 84 valence electrons. The van der Waals surface area contributed by atoms with Crippen LogP contribution in [0.1, 0.15) is 16.7 Å². The molecule has 0 N–H and O–H groups in total. The molecule has 0 fully saturated rings. The van der Waals surface area contributed by atoms with Gasteiger partial charge in [-0.05, 0) is 45.8 Å². The fourth-order valence-corrected chi connectivity index (χ4v) is 1.98. The lowest BCUT2D eigenvalue weighted by Gasteiger charge is -2.07. The number of ether oxygens (including phenoxy) is 1. The molecule has 1 aromatic carbocycles. The van der Waals surface area contributed by atoms with Crippen molar-refractivity contribution in [2.75, 3.05) is 7.11 Å². The van der Waals surface area contributed by atoms with E-state index in [9.17, 15) is 0 Å². The molecule has 0 aliphatic carbocycles. The normalized spacial score (nSPS) is 12.4. The molecule has 0 saturated heterocycles. The van der Waals surface area contributed by atoms with Crippen LogP contribution in [-0.2, 0) is 0 Å². The SMILES string of the molecule is COc1ccc(C(Cl)c2ccc(Br)o2)cc1. The second-order valence-electron chi connectivity index (χ2n) is 3.28. The molecule has 0 radical (unpaired) electrons. The van der Waals surface area contributed by atoms with Crippen LogP contribution in [0.25, 0.3) is 0 Å². The standard InChI is InChI=1S/C12H10BrClO2/c1-15-9-4-2-8(3-5-9)12(14)10-6-7-11(13)16-10/h2-7,12H,1H3. The number of hydrogen-bond acceptors (Lipinski definition) is 2. The molecule has 0 spiro atoms. The van der Waals surface area contributed by atoms with Crippen LogP contribution in [0.2, 0.25) is 0 Å². The maximum Gasteiger partial charge on any atom is 0.169 e. The highest BCUT2D eigenvalue weighted by Gasteiger charge is 2.14. The van der Waals surface area contributed by atoms with Crippen molar-refractivity contribution in [1.29, 1.82) is 0 Å². The number of furan rings is 1. The van der Waals surface area contributed by atoms with E-state index in [4.69, 9.17) is 20.8 Å². The van der Waals surface area contributed by atoms with E-state index < -0.39 is 0 Å². The van der Waals surface area contributed by atoms with Crippen molar-refractivity contribution in [2.45, 2.75) is 5.38 Å². The first-order chi connectivity index (χ1) is 7.70. The topological polar surface area (TPSA) is 22.4 Å². The molecule has 0 aliphatic heterocycles. The van der Waals surface area contributed by atoms with Crippen LogP contribution in [0.3, 0.4) is 0 Å². The predicted molar refractivity (Wildman–Crippen MR) is 67.1 cm³/mol. The Hall–Kier alpha value is -0.930. The smallest absolute Gasteiger partial charge is 0.169 e. The van der Waals surface area contributed by atoms with Gasteiger partial charge >= 0.3 is 0 Å². The van der Waals surface area contributed by atoms with Crippen LogP contribution in [0.4, 0.5) is 0 Å². The lowest BCUT2D eigenvalue weighted by molar-refractivity contribution is 0.414. The highest BCUT2D eigenvalue weighted by Crippen LogP contribution is 2.32. The largest absolute Gasteiger partial charge is 0.497 e. The minimum absolute atomic E-state index is 0.280. The lowest BCUT2D eigenvalue weighted by Crippen LogP contribution is -1.91. The van der Waals surface area contributed by atoms with Gasteiger partial charge in [0, 0.05) is 0 Å². The van der Waals surface area contributed by atoms with Gasteiger partial charge in [0.2, 0.25) is 0 Å². The van der Waals surface area contributed by atoms with Gasteiger partial charge in [-0.2, -0.15) is 0 Å². The van der Waals surface area contributed by atoms with Gasteiger partial charge in [0.05, 0.1) is 7.11 Å². The molecule has 0 amide bonds. The Balaban J connectivity index is 2.23. The zero-order valence-corrected chi connectivity index (χ0v) is 11.0. The Morgan fingerprint density at radius 1 is 1.19 bits per heavy atom. The van der Waals surface area contributed by atoms with Crippen LogP contribution in [0, 0.1) is 0 Å². The molecule has 4 heteroatoms. The highest BCUT2D eigenvalue weighted by atomic mass is 79.9. The number of rotatable bonds is 3. The quantitative estimate of drug-likeness (QED) is 0.785. The number of halogens is 2. The van der Waals surface area contributed by atoms with Crippen molar-refractivity contribution < 1.29 is 9.15 Å². The molecule has 1 atom stereocenters. The first kappa shape index (κ1) is 11.6. The third-order valence-corrected chi connectivity index (χ3v) is 3.15. The van der Waals surface area contributed by atoms with Gasteiger partial charge in [-0.25, -0.2) is 0 Å². The fourth-order valence-electron chi connectivity index (χ4n) is 1.40. The summed E-state index contributed by atoms with van der Waals surface area (Å²) in [6, 6.07) is 11.3. The molecule has 0 saturated carbocycles. The van der Waals surface area contributed by atoms with Crippen molar-refractivity contribution in [1.82, 2.24) is 0 Å². The molecule has 1 unspecified atom stereocenters. The van der Waals surface area contributed by atoms with E-state index in [1.54, 1.807) is 7.11 Å². The summed E-state index contributed by atoms with van der Waals surface area (Å²) < 4.78 is 11.2. The number of benzene rings is 1. The molecule has 1 heterocycles. The summed E-state index contributed by atoms with van der Waals surface area (Å²) in [7, 11) is 1.64. The minimum Gasteiger partial charge on any atom is -0.497 e. The molecule has 2 aromatic rings.